The first-order chi connectivity index (χ1) is 12.5. The van der Waals surface area contributed by atoms with Gasteiger partial charge in [-0.25, -0.2) is 19.7 Å². The molecule has 0 bridgehead atoms. The van der Waals surface area contributed by atoms with Crippen molar-refractivity contribution >= 4 is 23.0 Å². The zero-order valence-corrected chi connectivity index (χ0v) is 13.7. The summed E-state index contributed by atoms with van der Waals surface area (Å²) >= 11 is 0. The number of hydrogen-bond acceptors (Lipinski definition) is 9. The summed E-state index contributed by atoms with van der Waals surface area (Å²) in [6.07, 6.45) is -0.426. The maximum Gasteiger partial charge on any atom is 0.326 e. The normalized spacial score (nSPS) is 31.8. The molecule has 2 aromatic heterocycles. The van der Waals surface area contributed by atoms with Crippen molar-refractivity contribution in [3.05, 3.63) is 12.7 Å². The lowest BCUT2D eigenvalue weighted by molar-refractivity contribution is -0.138. The highest BCUT2D eigenvalue weighted by Gasteiger charge is 2.44. The van der Waals surface area contributed by atoms with Crippen LogP contribution >= 0.6 is 0 Å². The van der Waals surface area contributed by atoms with Gasteiger partial charge in [0.1, 0.15) is 30.7 Å². The van der Waals surface area contributed by atoms with E-state index in [4.69, 9.17) is 4.74 Å². The van der Waals surface area contributed by atoms with Crippen LogP contribution in [0.15, 0.2) is 12.7 Å². The fourth-order valence-corrected chi connectivity index (χ4v) is 3.62. The van der Waals surface area contributed by atoms with Gasteiger partial charge in [-0.05, 0) is 12.8 Å². The van der Waals surface area contributed by atoms with Crippen molar-refractivity contribution in [2.75, 3.05) is 18.1 Å². The van der Waals surface area contributed by atoms with Crippen LogP contribution in [0.25, 0.3) is 11.2 Å². The quantitative estimate of drug-likeness (QED) is 0.503. The molecule has 2 aliphatic rings. The second-order valence-corrected chi connectivity index (χ2v) is 6.44. The summed E-state index contributed by atoms with van der Waals surface area (Å²) in [5, 5.41) is 38.8. The molecule has 2 fully saturated rings. The summed E-state index contributed by atoms with van der Waals surface area (Å²) in [4.78, 5) is 25.8. The van der Waals surface area contributed by atoms with Gasteiger partial charge in [0, 0.05) is 6.54 Å². The topological polar surface area (TPSA) is 154 Å². The average molecular weight is 365 g/mol. The number of aliphatic hydroxyl groups excluding tert-OH is 3. The molecule has 5 atom stereocenters. The number of ether oxygens (including phenoxy) is 1. The Balaban J connectivity index is 1.73. The average Bonchev–Trinajstić information content (AvgIpc) is 3.33. The fraction of sp³-hybridized carbons (Fsp3) is 0.600. The van der Waals surface area contributed by atoms with Crippen LogP contribution in [0.1, 0.15) is 19.1 Å². The summed E-state index contributed by atoms with van der Waals surface area (Å²) in [7, 11) is 0. The van der Waals surface area contributed by atoms with Gasteiger partial charge < -0.3 is 30.1 Å². The minimum absolute atomic E-state index is 0.348. The second kappa shape index (κ2) is 6.43. The Labute approximate surface area is 147 Å². The SMILES string of the molecule is O=C(O)[C@@H]1CCCN1c1ncnc2c1ncn2[C@@H]1O[C@H](CO)C(O)C1O. The monoisotopic (exact) mass is 365 g/mol. The van der Waals surface area contributed by atoms with Crippen LogP contribution < -0.4 is 4.90 Å². The van der Waals surface area contributed by atoms with Gasteiger partial charge in [0.25, 0.3) is 0 Å². The van der Waals surface area contributed by atoms with Gasteiger partial charge in [-0.1, -0.05) is 0 Å². The molecule has 0 radical (unpaired) electrons. The maximum atomic E-state index is 11.5. The molecule has 0 saturated carbocycles. The van der Waals surface area contributed by atoms with Crippen molar-refractivity contribution in [1.29, 1.82) is 0 Å². The van der Waals surface area contributed by atoms with Crippen molar-refractivity contribution in [2.45, 2.75) is 43.4 Å². The summed E-state index contributed by atoms with van der Waals surface area (Å²) in [6, 6.07) is -0.674. The maximum absolute atomic E-state index is 11.5. The molecule has 0 spiro atoms. The number of rotatable bonds is 4. The molecule has 26 heavy (non-hydrogen) atoms. The lowest BCUT2D eigenvalue weighted by Crippen LogP contribution is -2.36. The van der Waals surface area contributed by atoms with Crippen molar-refractivity contribution in [1.82, 2.24) is 19.5 Å². The predicted octanol–water partition coefficient (Wildman–Crippen LogP) is -1.51. The van der Waals surface area contributed by atoms with E-state index >= 15 is 0 Å². The van der Waals surface area contributed by atoms with Crippen LogP contribution in [0.4, 0.5) is 5.82 Å². The molecule has 0 amide bonds. The molecule has 2 aromatic rings. The Morgan fingerprint density at radius 3 is 2.77 bits per heavy atom. The summed E-state index contributed by atoms with van der Waals surface area (Å²) in [6.45, 7) is 0.111. The summed E-state index contributed by atoms with van der Waals surface area (Å²) in [5.74, 6) is -0.512. The number of aliphatic hydroxyl groups is 3. The number of carboxylic acids is 1. The third-order valence-corrected chi connectivity index (χ3v) is 4.94. The molecular weight excluding hydrogens is 346 g/mol. The number of anilines is 1. The van der Waals surface area contributed by atoms with E-state index in [1.54, 1.807) is 4.90 Å². The first kappa shape index (κ1) is 17.1. The zero-order chi connectivity index (χ0) is 18.4. The lowest BCUT2D eigenvalue weighted by atomic mass is 10.1. The third kappa shape index (κ3) is 2.51. The van der Waals surface area contributed by atoms with E-state index in [9.17, 15) is 25.2 Å². The molecule has 4 heterocycles. The fourth-order valence-electron chi connectivity index (χ4n) is 3.62. The first-order valence-corrected chi connectivity index (χ1v) is 8.32. The lowest BCUT2D eigenvalue weighted by Gasteiger charge is -2.22. The molecule has 140 valence electrons. The molecule has 2 unspecified atom stereocenters. The van der Waals surface area contributed by atoms with Crippen LogP contribution in [0.2, 0.25) is 0 Å². The molecule has 0 aromatic carbocycles. The van der Waals surface area contributed by atoms with Gasteiger partial charge in [-0.15, -0.1) is 0 Å². The number of imidazole rings is 1. The van der Waals surface area contributed by atoms with Crippen LogP contribution in [0, 0.1) is 0 Å². The molecule has 4 rings (SSSR count). The number of carboxylic acid groups (broad SMARTS) is 1. The Morgan fingerprint density at radius 2 is 2.08 bits per heavy atom. The number of carbonyl (C=O) groups is 1. The Hall–Kier alpha value is -2.34. The standard InChI is InChI=1S/C15H19N5O6/c21-4-8-10(22)11(23)14(26-8)20-6-18-9-12(16-5-17-13(9)20)19-3-1-2-7(19)15(24)25/h5-8,10-11,14,21-23H,1-4H2,(H,24,25)/t7-,8+,10?,11?,14+/m0/s1. The number of aliphatic carboxylic acids is 1. The van der Waals surface area contributed by atoms with Gasteiger partial charge in [0.2, 0.25) is 0 Å². The van der Waals surface area contributed by atoms with Crippen LogP contribution in [0.3, 0.4) is 0 Å². The molecule has 11 nitrogen and oxygen atoms in total. The smallest absolute Gasteiger partial charge is 0.326 e. The van der Waals surface area contributed by atoms with E-state index in [1.165, 1.54) is 17.2 Å². The van der Waals surface area contributed by atoms with Crippen molar-refractivity contribution in [3.8, 4) is 0 Å². The minimum atomic E-state index is -1.26. The van der Waals surface area contributed by atoms with E-state index < -0.39 is 43.2 Å². The van der Waals surface area contributed by atoms with E-state index in [-0.39, 0.29) is 0 Å². The number of aromatic nitrogens is 4. The molecule has 4 N–H and O–H groups in total. The second-order valence-electron chi connectivity index (χ2n) is 6.44. The highest BCUT2D eigenvalue weighted by molar-refractivity contribution is 5.87. The zero-order valence-electron chi connectivity index (χ0n) is 13.7. The Bertz CT molecular complexity index is 828. The minimum Gasteiger partial charge on any atom is -0.480 e. The highest BCUT2D eigenvalue weighted by atomic mass is 16.6. The van der Waals surface area contributed by atoms with Gasteiger partial charge >= 0.3 is 5.97 Å². The van der Waals surface area contributed by atoms with Crippen LogP contribution in [-0.2, 0) is 9.53 Å². The molecule has 2 saturated heterocycles. The number of fused-ring (bicyclic) bond motifs is 1. The van der Waals surface area contributed by atoms with Gasteiger partial charge in [-0.2, -0.15) is 0 Å². The van der Waals surface area contributed by atoms with Gasteiger partial charge in [-0.3, -0.25) is 4.57 Å². The largest absolute Gasteiger partial charge is 0.480 e. The van der Waals surface area contributed by atoms with Crippen LogP contribution in [0.5, 0.6) is 0 Å². The van der Waals surface area contributed by atoms with Crippen molar-refractivity contribution in [3.63, 3.8) is 0 Å². The third-order valence-electron chi connectivity index (χ3n) is 4.94. The summed E-state index contributed by atoms with van der Waals surface area (Å²) in [5.41, 5.74) is 0.735. The molecule has 2 aliphatic heterocycles. The number of nitrogens with zero attached hydrogens (tertiary/aromatic N) is 5. The van der Waals surface area contributed by atoms with E-state index in [2.05, 4.69) is 15.0 Å². The molecule has 0 aliphatic carbocycles. The van der Waals surface area contributed by atoms with E-state index in [1.807, 2.05) is 0 Å². The highest BCUT2D eigenvalue weighted by Crippen LogP contribution is 2.34. The Morgan fingerprint density at radius 1 is 1.27 bits per heavy atom. The van der Waals surface area contributed by atoms with E-state index in [0.717, 1.165) is 6.42 Å². The molecule has 11 heteroatoms. The predicted molar refractivity (Wildman–Crippen MR) is 86.3 cm³/mol. The van der Waals surface area contributed by atoms with Crippen LogP contribution in [-0.4, -0.2) is 83.4 Å². The summed E-state index contributed by atoms with van der Waals surface area (Å²) < 4.78 is 6.97. The number of hydrogen-bond donors (Lipinski definition) is 4. The van der Waals surface area contributed by atoms with Gasteiger partial charge in [0.05, 0.1) is 12.9 Å². The van der Waals surface area contributed by atoms with Gasteiger partial charge in [0.15, 0.2) is 23.2 Å². The molecular formula is C15H19N5O6. The van der Waals surface area contributed by atoms with Crippen molar-refractivity contribution in [2.24, 2.45) is 0 Å². The Kier molecular flexibility index (Phi) is 4.23. The first-order valence-electron chi connectivity index (χ1n) is 8.32. The van der Waals surface area contributed by atoms with Crippen molar-refractivity contribution < 1.29 is 30.0 Å². The van der Waals surface area contributed by atoms with E-state index in [0.29, 0.717) is 29.9 Å².